The molecule has 3 rings (SSSR count). The lowest BCUT2D eigenvalue weighted by atomic mass is 10.1. The number of furan rings is 1. The van der Waals surface area contributed by atoms with Crippen molar-refractivity contribution in [3.63, 3.8) is 0 Å². The Kier molecular flexibility index (Phi) is 2.72. The fourth-order valence-corrected chi connectivity index (χ4v) is 1.80. The van der Waals surface area contributed by atoms with Crippen LogP contribution >= 0.6 is 0 Å². The van der Waals surface area contributed by atoms with Crippen LogP contribution < -0.4 is 11.5 Å². The topological polar surface area (TPSA) is 124 Å². The van der Waals surface area contributed by atoms with E-state index < -0.39 is 5.91 Å². The van der Waals surface area contributed by atoms with Crippen molar-refractivity contribution in [3.05, 3.63) is 42.0 Å². The first kappa shape index (κ1) is 12.0. The number of primary amides is 1. The second-order valence-electron chi connectivity index (χ2n) is 4.15. The van der Waals surface area contributed by atoms with Gasteiger partial charge in [-0.05, 0) is 24.3 Å². The van der Waals surface area contributed by atoms with Crippen molar-refractivity contribution >= 4 is 11.9 Å². The maximum Gasteiger partial charge on any atom is 0.248 e. The van der Waals surface area contributed by atoms with Gasteiger partial charge in [-0.1, -0.05) is 12.1 Å². The summed E-state index contributed by atoms with van der Waals surface area (Å²) in [4.78, 5) is 15.0. The number of benzene rings is 1. The molecule has 2 aromatic heterocycles. The lowest BCUT2D eigenvalue weighted by molar-refractivity contribution is 0.100. The molecule has 0 bridgehead atoms. The van der Waals surface area contributed by atoms with Crippen LogP contribution in [-0.2, 0) is 0 Å². The number of hydrogen-bond acceptors (Lipinski definition) is 5. The molecule has 7 heteroatoms. The molecule has 0 spiro atoms. The Morgan fingerprint density at radius 1 is 1.10 bits per heavy atom. The number of aromatic nitrogens is 3. The highest BCUT2D eigenvalue weighted by molar-refractivity contribution is 5.93. The molecule has 0 aliphatic carbocycles. The van der Waals surface area contributed by atoms with Gasteiger partial charge >= 0.3 is 0 Å². The maximum atomic E-state index is 11.0. The second kappa shape index (κ2) is 4.54. The third-order valence-corrected chi connectivity index (χ3v) is 2.80. The Hall–Kier alpha value is -3.09. The molecule has 7 nitrogen and oxygen atoms in total. The summed E-state index contributed by atoms with van der Waals surface area (Å²) < 4.78 is 5.66. The first-order valence-corrected chi connectivity index (χ1v) is 5.82. The number of nitrogen functional groups attached to an aromatic ring is 1. The summed E-state index contributed by atoms with van der Waals surface area (Å²) in [5, 5.41) is 6.41. The van der Waals surface area contributed by atoms with E-state index in [-0.39, 0.29) is 5.95 Å². The van der Waals surface area contributed by atoms with Crippen LogP contribution in [-0.4, -0.2) is 21.1 Å². The number of carbonyl (C=O) groups excluding carboxylic acids is 1. The summed E-state index contributed by atoms with van der Waals surface area (Å²) in [6, 6.07) is 10.4. The van der Waals surface area contributed by atoms with E-state index in [1.807, 2.05) is 0 Å². The predicted molar refractivity (Wildman–Crippen MR) is 72.5 cm³/mol. The van der Waals surface area contributed by atoms with Crippen molar-refractivity contribution in [2.75, 3.05) is 5.73 Å². The maximum absolute atomic E-state index is 11.0. The van der Waals surface area contributed by atoms with Gasteiger partial charge in [-0.15, -0.1) is 5.10 Å². The average molecular weight is 269 g/mol. The van der Waals surface area contributed by atoms with Crippen molar-refractivity contribution in [2.24, 2.45) is 5.73 Å². The van der Waals surface area contributed by atoms with Gasteiger partial charge < -0.3 is 15.9 Å². The average Bonchev–Trinajstić information content (AvgIpc) is 3.07. The fourth-order valence-electron chi connectivity index (χ4n) is 1.80. The van der Waals surface area contributed by atoms with E-state index >= 15 is 0 Å². The zero-order valence-corrected chi connectivity index (χ0v) is 10.3. The number of nitrogens with one attached hydrogen (secondary N) is 1. The molecule has 0 saturated carbocycles. The number of nitrogens with zero attached hydrogens (tertiary/aromatic N) is 2. The molecule has 5 N–H and O–H groups in total. The van der Waals surface area contributed by atoms with Gasteiger partial charge in [-0.3, -0.25) is 9.89 Å². The highest BCUT2D eigenvalue weighted by atomic mass is 16.3. The normalized spacial score (nSPS) is 10.6. The monoisotopic (exact) mass is 269 g/mol. The van der Waals surface area contributed by atoms with Gasteiger partial charge in [0.15, 0.2) is 11.6 Å². The second-order valence-corrected chi connectivity index (χ2v) is 4.15. The number of nitrogens with two attached hydrogens (primary N) is 2. The van der Waals surface area contributed by atoms with Gasteiger partial charge in [0.25, 0.3) is 0 Å². The molecule has 0 aliphatic rings. The van der Waals surface area contributed by atoms with Crippen molar-refractivity contribution < 1.29 is 9.21 Å². The molecule has 100 valence electrons. The Morgan fingerprint density at radius 2 is 1.80 bits per heavy atom. The first-order valence-electron chi connectivity index (χ1n) is 5.82. The van der Waals surface area contributed by atoms with E-state index in [1.165, 1.54) is 0 Å². The minimum absolute atomic E-state index is 0.156. The standard InChI is InChI=1S/C13H11N5O2/c14-11(19)8-3-1-7(2-4-8)9-5-6-10(20-9)12-16-13(15)18-17-12/h1-6H,(H2,14,19)(H3,15,16,17,18). The van der Waals surface area contributed by atoms with Crippen molar-refractivity contribution in [3.8, 4) is 22.9 Å². The Bertz CT molecular complexity index is 757. The molecule has 0 aliphatic heterocycles. The molecule has 0 atom stereocenters. The zero-order chi connectivity index (χ0) is 14.1. The number of H-pyrrole nitrogens is 1. The molecule has 20 heavy (non-hydrogen) atoms. The van der Waals surface area contributed by atoms with Gasteiger partial charge in [0.1, 0.15) is 5.76 Å². The first-order chi connectivity index (χ1) is 9.63. The quantitative estimate of drug-likeness (QED) is 0.663. The lowest BCUT2D eigenvalue weighted by Crippen LogP contribution is -2.10. The van der Waals surface area contributed by atoms with Gasteiger partial charge in [0.2, 0.25) is 11.9 Å². The smallest absolute Gasteiger partial charge is 0.248 e. The van der Waals surface area contributed by atoms with Crippen molar-refractivity contribution in [2.45, 2.75) is 0 Å². The van der Waals surface area contributed by atoms with Crippen molar-refractivity contribution in [1.82, 2.24) is 15.2 Å². The molecule has 0 unspecified atom stereocenters. The molecule has 0 fully saturated rings. The van der Waals surface area contributed by atoms with Gasteiger partial charge in [-0.2, -0.15) is 4.98 Å². The number of rotatable bonds is 3. The van der Waals surface area contributed by atoms with E-state index in [0.29, 0.717) is 22.9 Å². The van der Waals surface area contributed by atoms with E-state index in [4.69, 9.17) is 15.9 Å². The van der Waals surface area contributed by atoms with Crippen LogP contribution in [0.25, 0.3) is 22.9 Å². The summed E-state index contributed by atoms with van der Waals surface area (Å²) in [7, 11) is 0. The molecule has 3 aromatic rings. The van der Waals surface area contributed by atoms with Gasteiger partial charge in [0.05, 0.1) is 0 Å². The fraction of sp³-hybridized carbons (Fsp3) is 0. The molecule has 1 amide bonds. The minimum atomic E-state index is -0.464. The summed E-state index contributed by atoms with van der Waals surface area (Å²) in [5.74, 6) is 1.33. The van der Waals surface area contributed by atoms with E-state index in [1.54, 1.807) is 36.4 Å². The molecule has 0 radical (unpaired) electrons. The number of hydrogen-bond donors (Lipinski definition) is 3. The van der Waals surface area contributed by atoms with Crippen molar-refractivity contribution in [1.29, 1.82) is 0 Å². The molecular weight excluding hydrogens is 258 g/mol. The lowest BCUT2D eigenvalue weighted by Gasteiger charge is -1.98. The van der Waals surface area contributed by atoms with Gasteiger partial charge in [0, 0.05) is 11.1 Å². The number of aromatic amines is 1. The molecule has 0 saturated heterocycles. The number of carbonyl (C=O) groups is 1. The van der Waals surface area contributed by atoms with Crippen LogP contribution in [0.3, 0.4) is 0 Å². The summed E-state index contributed by atoms with van der Waals surface area (Å²) in [6.45, 7) is 0. The number of anilines is 1. The largest absolute Gasteiger partial charge is 0.453 e. The third kappa shape index (κ3) is 2.12. The Labute approximate surface area is 113 Å². The van der Waals surface area contributed by atoms with E-state index in [2.05, 4.69) is 15.2 Å². The third-order valence-electron chi connectivity index (χ3n) is 2.80. The molecule has 2 heterocycles. The molecular formula is C13H11N5O2. The highest BCUT2D eigenvalue weighted by Gasteiger charge is 2.10. The molecule has 1 aromatic carbocycles. The van der Waals surface area contributed by atoms with Crippen LogP contribution in [0, 0.1) is 0 Å². The Balaban J connectivity index is 1.91. The summed E-state index contributed by atoms with van der Waals surface area (Å²) >= 11 is 0. The summed E-state index contributed by atoms with van der Waals surface area (Å²) in [5.41, 5.74) is 11.9. The van der Waals surface area contributed by atoms with Crippen LogP contribution in [0.1, 0.15) is 10.4 Å². The summed E-state index contributed by atoms with van der Waals surface area (Å²) in [6.07, 6.45) is 0. The minimum Gasteiger partial charge on any atom is -0.453 e. The van der Waals surface area contributed by atoms with E-state index in [9.17, 15) is 4.79 Å². The predicted octanol–water partition coefficient (Wildman–Crippen LogP) is 1.41. The highest BCUT2D eigenvalue weighted by Crippen LogP contribution is 2.26. The van der Waals surface area contributed by atoms with Crippen LogP contribution in [0.4, 0.5) is 5.95 Å². The SMILES string of the molecule is NC(=O)c1ccc(-c2ccc(-c3nc(N)n[nH]3)o2)cc1. The zero-order valence-electron chi connectivity index (χ0n) is 10.3. The van der Waals surface area contributed by atoms with Crippen LogP contribution in [0.15, 0.2) is 40.8 Å². The Morgan fingerprint density at radius 3 is 2.40 bits per heavy atom. The van der Waals surface area contributed by atoms with Crippen LogP contribution in [0.2, 0.25) is 0 Å². The number of amides is 1. The van der Waals surface area contributed by atoms with Gasteiger partial charge in [-0.25, -0.2) is 0 Å². The van der Waals surface area contributed by atoms with E-state index in [0.717, 1.165) is 5.56 Å². The van der Waals surface area contributed by atoms with Crippen LogP contribution in [0.5, 0.6) is 0 Å².